The summed E-state index contributed by atoms with van der Waals surface area (Å²) in [6.07, 6.45) is 5.38. The number of piperidine rings is 1. The summed E-state index contributed by atoms with van der Waals surface area (Å²) >= 11 is 1.65. The average molecular weight is 337 g/mol. The van der Waals surface area contributed by atoms with Crippen LogP contribution in [0.3, 0.4) is 0 Å². The summed E-state index contributed by atoms with van der Waals surface area (Å²) in [5.41, 5.74) is 4.62. The molecule has 0 radical (unpaired) electrons. The predicted molar refractivity (Wildman–Crippen MR) is 103 cm³/mol. The molecule has 2 N–H and O–H groups in total. The number of H-pyrrole nitrogens is 1. The second kappa shape index (κ2) is 6.54. The third kappa shape index (κ3) is 3.04. The minimum Gasteiger partial charge on any atom is -0.361 e. The number of hydrogen-bond acceptors (Lipinski definition) is 3. The Kier molecular flexibility index (Phi) is 4.25. The molecule has 0 atom stereocenters. The van der Waals surface area contributed by atoms with E-state index in [-0.39, 0.29) is 0 Å². The molecule has 24 heavy (non-hydrogen) atoms. The molecule has 0 unspecified atom stereocenters. The van der Waals surface area contributed by atoms with Gasteiger partial charge < -0.3 is 15.3 Å². The van der Waals surface area contributed by atoms with Crippen molar-refractivity contribution in [2.75, 3.05) is 20.1 Å². The van der Waals surface area contributed by atoms with Gasteiger partial charge in [-0.25, -0.2) is 0 Å². The molecule has 1 saturated heterocycles. The van der Waals surface area contributed by atoms with E-state index in [9.17, 15) is 0 Å². The number of rotatable bonds is 4. The topological polar surface area (TPSA) is 42.9 Å². The molecule has 0 amide bonds. The van der Waals surface area contributed by atoms with Crippen LogP contribution in [0.25, 0.3) is 10.9 Å². The van der Waals surface area contributed by atoms with Crippen molar-refractivity contribution in [3.63, 3.8) is 0 Å². The van der Waals surface area contributed by atoms with Gasteiger partial charge in [0.25, 0.3) is 0 Å². The van der Waals surface area contributed by atoms with Gasteiger partial charge in [-0.15, -0.1) is 11.3 Å². The molecule has 2 aromatic heterocycles. The number of aromatic amines is 1. The fourth-order valence-corrected chi connectivity index (χ4v) is 4.37. The first-order chi connectivity index (χ1) is 11.7. The maximum absolute atomic E-state index is 8.32. The van der Waals surface area contributed by atoms with Gasteiger partial charge in [-0.1, -0.05) is 12.1 Å². The fraction of sp³-hybridized carbons (Fsp3) is 0.350. The van der Waals surface area contributed by atoms with Gasteiger partial charge in [0.05, 0.1) is 5.71 Å². The van der Waals surface area contributed by atoms with Gasteiger partial charge >= 0.3 is 0 Å². The first-order valence-electron chi connectivity index (χ1n) is 8.60. The molecule has 1 aliphatic heterocycles. The zero-order valence-electron chi connectivity index (χ0n) is 14.0. The van der Waals surface area contributed by atoms with Crippen LogP contribution >= 0.6 is 11.3 Å². The second-order valence-corrected chi connectivity index (χ2v) is 7.78. The van der Waals surface area contributed by atoms with Crippen molar-refractivity contribution in [1.29, 1.82) is 5.41 Å². The maximum Gasteiger partial charge on any atom is 0.0529 e. The van der Waals surface area contributed by atoms with Gasteiger partial charge in [-0.3, -0.25) is 0 Å². The Bertz CT molecular complexity index is 839. The number of likely N-dealkylation sites (tertiary alicyclic amines) is 1. The second-order valence-electron chi connectivity index (χ2n) is 6.83. The van der Waals surface area contributed by atoms with E-state index in [0.29, 0.717) is 18.1 Å². The quantitative estimate of drug-likeness (QED) is 0.669. The minimum absolute atomic E-state index is 0.655. The lowest BCUT2D eigenvalue weighted by molar-refractivity contribution is 0.256. The molecule has 0 bridgehead atoms. The summed E-state index contributed by atoms with van der Waals surface area (Å²) in [7, 11) is 2.21. The van der Waals surface area contributed by atoms with Crippen molar-refractivity contribution in [3.05, 3.63) is 57.9 Å². The highest BCUT2D eigenvalue weighted by atomic mass is 32.1. The molecule has 3 aromatic rings. The van der Waals surface area contributed by atoms with Crippen molar-refractivity contribution in [2.24, 2.45) is 0 Å². The van der Waals surface area contributed by atoms with E-state index in [1.165, 1.54) is 48.0 Å². The zero-order valence-corrected chi connectivity index (χ0v) is 14.8. The zero-order chi connectivity index (χ0) is 16.5. The Morgan fingerprint density at radius 1 is 1.29 bits per heavy atom. The normalized spacial score (nSPS) is 16.7. The third-order valence-corrected chi connectivity index (χ3v) is 6.07. The van der Waals surface area contributed by atoms with Crippen molar-refractivity contribution in [1.82, 2.24) is 9.88 Å². The first kappa shape index (κ1) is 15.6. The van der Waals surface area contributed by atoms with Crippen molar-refractivity contribution < 1.29 is 0 Å². The Labute approximate surface area is 146 Å². The van der Waals surface area contributed by atoms with Crippen molar-refractivity contribution in [2.45, 2.75) is 25.2 Å². The summed E-state index contributed by atoms with van der Waals surface area (Å²) < 4.78 is 0. The summed E-state index contributed by atoms with van der Waals surface area (Å²) in [4.78, 5) is 6.92. The summed E-state index contributed by atoms with van der Waals surface area (Å²) in [5, 5.41) is 11.7. The molecule has 1 aromatic carbocycles. The Morgan fingerprint density at radius 2 is 2.12 bits per heavy atom. The molecule has 0 aliphatic carbocycles. The monoisotopic (exact) mass is 337 g/mol. The van der Waals surface area contributed by atoms with E-state index in [2.05, 4.69) is 41.3 Å². The smallest absolute Gasteiger partial charge is 0.0529 e. The van der Waals surface area contributed by atoms with Crippen LogP contribution in [0.15, 0.2) is 41.9 Å². The van der Waals surface area contributed by atoms with E-state index in [1.54, 1.807) is 11.3 Å². The minimum atomic E-state index is 0.655. The van der Waals surface area contributed by atoms with Gasteiger partial charge in [0.2, 0.25) is 0 Å². The lowest BCUT2D eigenvalue weighted by atomic mass is 9.89. The molecular formula is C20H23N3S. The Morgan fingerprint density at radius 3 is 2.88 bits per heavy atom. The SMILES string of the molecule is CN1CCC(c2c[nH]c3ccc(CC(=N)c4cccs4)cc23)CC1. The Balaban J connectivity index is 1.60. The van der Waals surface area contributed by atoms with Crippen LogP contribution in [0.5, 0.6) is 0 Å². The first-order valence-corrected chi connectivity index (χ1v) is 9.48. The molecule has 3 nitrogen and oxygen atoms in total. The van der Waals surface area contributed by atoms with Crippen LogP contribution in [0.4, 0.5) is 0 Å². The lowest BCUT2D eigenvalue weighted by Gasteiger charge is -2.28. The molecule has 1 aliphatic rings. The number of nitrogens with zero attached hydrogens (tertiary/aromatic N) is 1. The van der Waals surface area contributed by atoms with E-state index in [0.717, 1.165) is 4.88 Å². The highest BCUT2D eigenvalue weighted by molar-refractivity contribution is 7.12. The maximum atomic E-state index is 8.32. The molecule has 124 valence electrons. The molecule has 4 heteroatoms. The highest BCUT2D eigenvalue weighted by Gasteiger charge is 2.21. The lowest BCUT2D eigenvalue weighted by Crippen LogP contribution is -2.29. The molecular weight excluding hydrogens is 314 g/mol. The predicted octanol–water partition coefficient (Wildman–Crippen LogP) is 4.65. The van der Waals surface area contributed by atoms with E-state index in [4.69, 9.17) is 5.41 Å². The molecule has 0 saturated carbocycles. The average Bonchev–Trinajstić information content (AvgIpc) is 3.25. The Hall–Kier alpha value is -1.91. The summed E-state index contributed by atoms with van der Waals surface area (Å²) in [6.45, 7) is 2.36. The number of nitrogens with one attached hydrogen (secondary N) is 2. The molecule has 4 rings (SSSR count). The van der Waals surface area contributed by atoms with Crippen molar-refractivity contribution >= 4 is 28.0 Å². The number of hydrogen-bond donors (Lipinski definition) is 2. The van der Waals surface area contributed by atoms with Gasteiger partial charge in [-0.2, -0.15) is 0 Å². The summed E-state index contributed by atoms with van der Waals surface area (Å²) in [5.74, 6) is 0.655. The third-order valence-electron chi connectivity index (χ3n) is 5.14. The van der Waals surface area contributed by atoms with Crippen LogP contribution < -0.4 is 0 Å². The number of thiophene rings is 1. The van der Waals surface area contributed by atoms with Crippen LogP contribution in [-0.2, 0) is 6.42 Å². The molecule has 3 heterocycles. The molecule has 1 fully saturated rings. The van der Waals surface area contributed by atoms with Gasteiger partial charge in [0.15, 0.2) is 0 Å². The van der Waals surface area contributed by atoms with Crippen LogP contribution in [0, 0.1) is 5.41 Å². The summed E-state index contributed by atoms with van der Waals surface area (Å²) in [6, 6.07) is 10.7. The van der Waals surface area contributed by atoms with E-state index in [1.807, 2.05) is 17.5 Å². The van der Waals surface area contributed by atoms with Gasteiger partial charge in [0, 0.05) is 28.4 Å². The fourth-order valence-electron chi connectivity index (χ4n) is 3.70. The standard InChI is InChI=1S/C20H23N3S/c1-23-8-6-15(7-9-23)17-13-22-19-5-4-14(11-16(17)19)12-18(21)20-3-2-10-24-20/h2-5,10-11,13,15,21-22H,6-9,12H2,1H3. The van der Waals surface area contributed by atoms with Crippen molar-refractivity contribution in [3.8, 4) is 0 Å². The van der Waals surface area contributed by atoms with Gasteiger partial charge in [0.1, 0.15) is 0 Å². The van der Waals surface area contributed by atoms with Crippen LogP contribution in [-0.4, -0.2) is 35.7 Å². The largest absolute Gasteiger partial charge is 0.361 e. The van der Waals surface area contributed by atoms with E-state index < -0.39 is 0 Å². The number of aromatic nitrogens is 1. The van der Waals surface area contributed by atoms with Gasteiger partial charge in [-0.05, 0) is 73.6 Å². The number of fused-ring (bicyclic) bond motifs is 1. The number of benzene rings is 1. The highest BCUT2D eigenvalue weighted by Crippen LogP contribution is 2.33. The molecule has 0 spiro atoms. The van der Waals surface area contributed by atoms with Crippen LogP contribution in [0.2, 0.25) is 0 Å². The van der Waals surface area contributed by atoms with Crippen LogP contribution in [0.1, 0.15) is 34.8 Å². The van der Waals surface area contributed by atoms with E-state index >= 15 is 0 Å².